The van der Waals surface area contributed by atoms with E-state index in [9.17, 15) is 18.3 Å². The van der Waals surface area contributed by atoms with E-state index in [1.165, 1.54) is 0 Å². The summed E-state index contributed by atoms with van der Waals surface area (Å²) in [5.41, 5.74) is 2.11. The van der Waals surface area contributed by atoms with Crippen LogP contribution in [0.4, 0.5) is 0 Å². The standard InChI is InChI=1S/C23H22O5S/c24-23(25)15-22(20-9-5-2-6-10-20)29(26,27)17-19-11-13-21(14-12-19)28-16-18-7-3-1-4-8-18/h1-14,22H,15-17H2,(H,24,25). The van der Waals surface area contributed by atoms with Crippen LogP contribution in [0.15, 0.2) is 84.9 Å². The van der Waals surface area contributed by atoms with Gasteiger partial charge in [0, 0.05) is 0 Å². The molecule has 29 heavy (non-hydrogen) atoms. The number of carbonyl (C=O) groups is 1. The minimum absolute atomic E-state index is 0.237. The first-order valence-corrected chi connectivity index (χ1v) is 10.9. The summed E-state index contributed by atoms with van der Waals surface area (Å²) >= 11 is 0. The zero-order chi connectivity index (χ0) is 20.7. The molecule has 0 aromatic heterocycles. The van der Waals surface area contributed by atoms with Crippen molar-refractivity contribution in [2.75, 3.05) is 0 Å². The number of hydrogen-bond donors (Lipinski definition) is 1. The van der Waals surface area contributed by atoms with Gasteiger partial charge in [0.1, 0.15) is 12.4 Å². The highest BCUT2D eigenvalue weighted by Gasteiger charge is 2.29. The molecule has 0 saturated heterocycles. The van der Waals surface area contributed by atoms with Crippen LogP contribution >= 0.6 is 0 Å². The van der Waals surface area contributed by atoms with Crippen molar-refractivity contribution >= 4 is 15.8 Å². The lowest BCUT2D eigenvalue weighted by molar-refractivity contribution is -0.137. The summed E-state index contributed by atoms with van der Waals surface area (Å²) in [6, 6.07) is 25.1. The van der Waals surface area contributed by atoms with Gasteiger partial charge in [-0.2, -0.15) is 0 Å². The topological polar surface area (TPSA) is 80.7 Å². The molecule has 0 aliphatic rings. The first kappa shape index (κ1) is 20.6. The molecule has 3 aromatic rings. The largest absolute Gasteiger partial charge is 0.489 e. The van der Waals surface area contributed by atoms with Crippen LogP contribution in [0.5, 0.6) is 5.75 Å². The maximum Gasteiger partial charge on any atom is 0.305 e. The van der Waals surface area contributed by atoms with Crippen molar-refractivity contribution in [3.8, 4) is 5.75 Å². The Bertz CT molecular complexity index is 1030. The molecule has 150 valence electrons. The Morgan fingerprint density at radius 2 is 1.41 bits per heavy atom. The van der Waals surface area contributed by atoms with Crippen molar-refractivity contribution in [3.05, 3.63) is 102 Å². The minimum atomic E-state index is -3.71. The lowest BCUT2D eigenvalue weighted by Crippen LogP contribution is -2.19. The summed E-state index contributed by atoms with van der Waals surface area (Å²) < 4.78 is 31.6. The Morgan fingerprint density at radius 1 is 0.828 bits per heavy atom. The van der Waals surface area contributed by atoms with Crippen LogP contribution in [0.3, 0.4) is 0 Å². The van der Waals surface area contributed by atoms with Gasteiger partial charge in [-0.3, -0.25) is 4.79 Å². The third-order valence-electron chi connectivity index (χ3n) is 4.50. The summed E-state index contributed by atoms with van der Waals surface area (Å²) in [6.07, 6.45) is -0.468. The number of ether oxygens (including phenoxy) is 1. The van der Waals surface area contributed by atoms with Gasteiger partial charge in [-0.1, -0.05) is 72.8 Å². The molecule has 5 nitrogen and oxygen atoms in total. The highest BCUT2D eigenvalue weighted by atomic mass is 32.2. The zero-order valence-electron chi connectivity index (χ0n) is 15.8. The molecule has 0 amide bonds. The van der Waals surface area contributed by atoms with Crippen molar-refractivity contribution in [1.29, 1.82) is 0 Å². The van der Waals surface area contributed by atoms with Crippen LogP contribution in [0.1, 0.15) is 28.4 Å². The number of benzene rings is 3. The molecule has 0 bridgehead atoms. The minimum Gasteiger partial charge on any atom is -0.489 e. The number of hydrogen-bond acceptors (Lipinski definition) is 4. The summed E-state index contributed by atoms with van der Waals surface area (Å²) in [6.45, 7) is 0.424. The van der Waals surface area contributed by atoms with E-state index in [0.29, 0.717) is 23.5 Å². The number of carboxylic acids is 1. The van der Waals surface area contributed by atoms with E-state index >= 15 is 0 Å². The van der Waals surface area contributed by atoms with Crippen LogP contribution in [0.25, 0.3) is 0 Å². The Balaban J connectivity index is 1.70. The first-order chi connectivity index (χ1) is 13.9. The Hall–Kier alpha value is -3.12. The van der Waals surface area contributed by atoms with Gasteiger partial charge >= 0.3 is 5.97 Å². The van der Waals surface area contributed by atoms with E-state index in [1.807, 2.05) is 30.3 Å². The molecule has 0 radical (unpaired) electrons. The normalized spacial score (nSPS) is 12.3. The molecule has 1 N–H and O–H groups in total. The third kappa shape index (κ3) is 5.93. The monoisotopic (exact) mass is 410 g/mol. The quantitative estimate of drug-likeness (QED) is 0.566. The number of rotatable bonds is 9. The van der Waals surface area contributed by atoms with Crippen LogP contribution < -0.4 is 4.74 Å². The number of aliphatic carboxylic acids is 1. The molecule has 1 atom stereocenters. The predicted octanol–water partition coefficient (Wildman–Crippen LogP) is 4.40. The van der Waals surface area contributed by atoms with Crippen LogP contribution in [0.2, 0.25) is 0 Å². The molecule has 1 unspecified atom stereocenters. The van der Waals surface area contributed by atoms with E-state index in [0.717, 1.165) is 5.56 Å². The summed E-state index contributed by atoms with van der Waals surface area (Å²) in [5.74, 6) is -0.744. The molecule has 6 heteroatoms. The fourth-order valence-electron chi connectivity index (χ4n) is 3.03. The number of sulfone groups is 1. The fraction of sp³-hybridized carbons (Fsp3) is 0.174. The van der Waals surface area contributed by atoms with Gasteiger partial charge in [0.15, 0.2) is 9.84 Å². The SMILES string of the molecule is O=C(O)CC(c1ccccc1)S(=O)(=O)Cc1ccc(OCc2ccccc2)cc1. The van der Waals surface area contributed by atoms with Crippen LogP contribution in [-0.2, 0) is 27.0 Å². The molecule has 0 saturated carbocycles. The second-order valence-corrected chi connectivity index (χ2v) is 8.91. The van der Waals surface area contributed by atoms with Gasteiger partial charge in [0.05, 0.1) is 17.4 Å². The maximum absolute atomic E-state index is 12.9. The molecule has 0 aliphatic carbocycles. The average molecular weight is 410 g/mol. The molecule has 3 aromatic carbocycles. The molecule has 0 aliphatic heterocycles. The van der Waals surface area contributed by atoms with E-state index in [4.69, 9.17) is 4.74 Å². The Labute approximate surface area is 170 Å². The molecule has 0 heterocycles. The van der Waals surface area contributed by atoms with Gasteiger partial charge in [-0.05, 0) is 28.8 Å². The molecule has 3 rings (SSSR count). The van der Waals surface area contributed by atoms with Crippen LogP contribution in [-0.4, -0.2) is 19.5 Å². The Kier molecular flexibility index (Phi) is 6.67. The summed E-state index contributed by atoms with van der Waals surface area (Å²) in [7, 11) is -3.71. The fourth-order valence-corrected chi connectivity index (χ4v) is 4.86. The van der Waals surface area contributed by atoms with Crippen molar-refractivity contribution in [1.82, 2.24) is 0 Å². The maximum atomic E-state index is 12.9. The second kappa shape index (κ2) is 9.39. The molecule has 0 spiro atoms. The lowest BCUT2D eigenvalue weighted by atomic mass is 10.1. The first-order valence-electron chi connectivity index (χ1n) is 9.18. The van der Waals surface area contributed by atoms with Crippen molar-refractivity contribution in [2.24, 2.45) is 0 Å². The molecule has 0 fully saturated rings. The van der Waals surface area contributed by atoms with Gasteiger partial charge in [-0.25, -0.2) is 8.42 Å². The average Bonchev–Trinajstić information content (AvgIpc) is 2.72. The van der Waals surface area contributed by atoms with Crippen LogP contribution in [0, 0.1) is 0 Å². The summed E-state index contributed by atoms with van der Waals surface area (Å²) in [5, 5.41) is 8.10. The second-order valence-electron chi connectivity index (χ2n) is 6.72. The van der Waals surface area contributed by atoms with Crippen molar-refractivity contribution in [3.63, 3.8) is 0 Å². The zero-order valence-corrected chi connectivity index (χ0v) is 16.6. The van der Waals surface area contributed by atoms with Gasteiger partial charge in [0.2, 0.25) is 0 Å². The molecular weight excluding hydrogens is 388 g/mol. The third-order valence-corrected chi connectivity index (χ3v) is 6.55. The molecular formula is C23H22O5S. The van der Waals surface area contributed by atoms with E-state index in [1.54, 1.807) is 54.6 Å². The summed E-state index contributed by atoms with van der Waals surface area (Å²) in [4.78, 5) is 11.2. The van der Waals surface area contributed by atoms with Crippen molar-refractivity contribution in [2.45, 2.75) is 24.0 Å². The Morgan fingerprint density at radius 3 is 2.00 bits per heavy atom. The van der Waals surface area contributed by atoms with E-state index in [2.05, 4.69) is 0 Å². The predicted molar refractivity (Wildman–Crippen MR) is 111 cm³/mol. The van der Waals surface area contributed by atoms with E-state index in [-0.39, 0.29) is 5.75 Å². The van der Waals surface area contributed by atoms with E-state index < -0.39 is 27.5 Å². The highest BCUT2D eigenvalue weighted by Crippen LogP contribution is 2.29. The van der Waals surface area contributed by atoms with Crippen molar-refractivity contribution < 1.29 is 23.1 Å². The highest BCUT2D eigenvalue weighted by molar-refractivity contribution is 7.90. The van der Waals surface area contributed by atoms with Gasteiger partial charge in [-0.15, -0.1) is 0 Å². The number of carboxylic acid groups (broad SMARTS) is 1. The lowest BCUT2D eigenvalue weighted by Gasteiger charge is -2.16. The van der Waals surface area contributed by atoms with Gasteiger partial charge in [0.25, 0.3) is 0 Å². The van der Waals surface area contributed by atoms with Gasteiger partial charge < -0.3 is 9.84 Å². The smallest absolute Gasteiger partial charge is 0.305 e.